The van der Waals surface area contributed by atoms with Gasteiger partial charge < -0.3 is 9.84 Å². The van der Waals surface area contributed by atoms with Crippen LogP contribution < -0.4 is 5.32 Å². The summed E-state index contributed by atoms with van der Waals surface area (Å²) >= 11 is 0. The smallest absolute Gasteiger partial charge is 0.248 e. The zero-order chi connectivity index (χ0) is 15.0. The lowest BCUT2D eigenvalue weighted by atomic mass is 10.1. The fourth-order valence-corrected chi connectivity index (χ4v) is 5.09. The maximum atomic E-state index is 13.0. The van der Waals surface area contributed by atoms with E-state index in [1.165, 1.54) is 12.8 Å². The Balaban J connectivity index is 1.86. The number of aryl methyl sites for hydroxylation is 2. The Hall–Kier alpha value is -0.920. The van der Waals surface area contributed by atoms with Crippen LogP contribution in [0.25, 0.3) is 0 Å². The zero-order valence-electron chi connectivity index (χ0n) is 12.6. The van der Waals surface area contributed by atoms with Crippen LogP contribution in [0.2, 0.25) is 0 Å². The maximum absolute atomic E-state index is 13.0. The van der Waals surface area contributed by atoms with Crippen LogP contribution in [0.1, 0.15) is 43.6 Å². The summed E-state index contributed by atoms with van der Waals surface area (Å²) in [5.74, 6) is 0.384. The van der Waals surface area contributed by atoms with Crippen molar-refractivity contribution in [3.63, 3.8) is 0 Å². The van der Waals surface area contributed by atoms with Crippen molar-refractivity contribution in [1.82, 2.24) is 14.8 Å². The number of hydrogen-bond acceptors (Lipinski definition) is 5. The minimum absolute atomic E-state index is 0.146. The Morgan fingerprint density at radius 1 is 1.29 bits per heavy atom. The molecule has 0 bridgehead atoms. The fraction of sp³-hybridized carbons (Fsp3) is 0.786. The summed E-state index contributed by atoms with van der Waals surface area (Å²) in [6.45, 7) is 4.88. The van der Waals surface area contributed by atoms with E-state index in [9.17, 15) is 8.42 Å². The summed E-state index contributed by atoms with van der Waals surface area (Å²) in [5.41, 5.74) is 0.453. The van der Waals surface area contributed by atoms with Gasteiger partial charge in [0.2, 0.25) is 10.0 Å². The van der Waals surface area contributed by atoms with E-state index >= 15 is 0 Å². The second-order valence-electron chi connectivity index (χ2n) is 6.11. The minimum Gasteiger partial charge on any atom is -0.360 e. The molecule has 1 aromatic rings. The summed E-state index contributed by atoms with van der Waals surface area (Å²) in [5, 5.41) is 7.23. The minimum atomic E-state index is -3.52. The zero-order valence-corrected chi connectivity index (χ0v) is 13.4. The molecule has 1 unspecified atom stereocenters. The van der Waals surface area contributed by atoms with E-state index in [2.05, 4.69) is 10.5 Å². The van der Waals surface area contributed by atoms with Crippen LogP contribution in [0.15, 0.2) is 9.42 Å². The third-order valence-electron chi connectivity index (χ3n) is 4.30. The highest BCUT2D eigenvalue weighted by Crippen LogP contribution is 2.34. The van der Waals surface area contributed by atoms with Gasteiger partial charge in [-0.25, -0.2) is 8.42 Å². The first-order valence-electron chi connectivity index (χ1n) is 7.68. The highest BCUT2D eigenvalue weighted by atomic mass is 32.2. The molecule has 1 aliphatic heterocycles. The van der Waals surface area contributed by atoms with E-state index in [1.54, 1.807) is 18.2 Å². The molecule has 2 heterocycles. The van der Waals surface area contributed by atoms with Crippen LogP contribution >= 0.6 is 0 Å². The van der Waals surface area contributed by atoms with E-state index in [0.29, 0.717) is 18.0 Å². The van der Waals surface area contributed by atoms with E-state index in [4.69, 9.17) is 4.52 Å². The van der Waals surface area contributed by atoms with Gasteiger partial charge in [0.15, 0.2) is 5.76 Å². The van der Waals surface area contributed by atoms with Crippen molar-refractivity contribution in [2.75, 3.05) is 13.1 Å². The van der Waals surface area contributed by atoms with Crippen molar-refractivity contribution in [3.05, 3.63) is 11.5 Å². The molecule has 6 nitrogen and oxygen atoms in total. The second-order valence-corrected chi connectivity index (χ2v) is 7.93. The SMILES string of the molecule is Cc1noc(C)c1S(=O)(=O)N(CC1CCCCN1)C1CC1. The monoisotopic (exact) mass is 313 g/mol. The van der Waals surface area contributed by atoms with Crippen LogP contribution in [0.4, 0.5) is 0 Å². The maximum Gasteiger partial charge on any atom is 0.248 e. The first-order valence-corrected chi connectivity index (χ1v) is 9.12. The molecule has 1 N–H and O–H groups in total. The number of aromatic nitrogens is 1. The molecule has 1 atom stereocenters. The average Bonchev–Trinajstić information content (AvgIpc) is 3.22. The summed E-state index contributed by atoms with van der Waals surface area (Å²) in [7, 11) is -3.52. The molecular formula is C14H23N3O3S. The van der Waals surface area contributed by atoms with Crippen molar-refractivity contribution >= 4 is 10.0 Å². The standard InChI is InChI=1S/C14H23N3O3S/c1-10-14(11(2)20-16-10)21(18,19)17(13-6-7-13)9-12-5-3-4-8-15-12/h12-13,15H,3-9H2,1-2H3. The molecule has 0 radical (unpaired) electrons. The Bertz CT molecular complexity index is 581. The Morgan fingerprint density at radius 3 is 2.57 bits per heavy atom. The van der Waals surface area contributed by atoms with Crippen LogP contribution in [-0.2, 0) is 10.0 Å². The molecule has 7 heteroatoms. The van der Waals surface area contributed by atoms with Gasteiger partial charge in [-0.3, -0.25) is 0 Å². The predicted molar refractivity (Wildman–Crippen MR) is 78.5 cm³/mol. The van der Waals surface area contributed by atoms with E-state index in [0.717, 1.165) is 25.8 Å². The van der Waals surface area contributed by atoms with Gasteiger partial charge in [-0.15, -0.1) is 0 Å². The molecule has 118 valence electrons. The van der Waals surface area contributed by atoms with Gasteiger partial charge in [-0.05, 0) is 46.1 Å². The average molecular weight is 313 g/mol. The third-order valence-corrected chi connectivity index (χ3v) is 6.46. The molecule has 3 rings (SSSR count). The van der Waals surface area contributed by atoms with Gasteiger partial charge in [0, 0.05) is 18.6 Å². The number of nitrogens with zero attached hydrogens (tertiary/aromatic N) is 2. The van der Waals surface area contributed by atoms with Crippen molar-refractivity contribution in [2.45, 2.75) is 62.9 Å². The van der Waals surface area contributed by atoms with Crippen molar-refractivity contribution < 1.29 is 12.9 Å². The molecule has 1 saturated heterocycles. The molecule has 2 fully saturated rings. The summed E-state index contributed by atoms with van der Waals surface area (Å²) < 4.78 is 32.7. The van der Waals surface area contributed by atoms with Crippen LogP contribution in [0, 0.1) is 13.8 Å². The number of sulfonamides is 1. The molecule has 0 aromatic carbocycles. The van der Waals surface area contributed by atoms with Crippen LogP contribution in [-0.4, -0.2) is 43.1 Å². The van der Waals surface area contributed by atoms with Crippen LogP contribution in [0.5, 0.6) is 0 Å². The van der Waals surface area contributed by atoms with Crippen molar-refractivity contribution in [1.29, 1.82) is 0 Å². The van der Waals surface area contributed by atoms with E-state index < -0.39 is 10.0 Å². The first kappa shape index (κ1) is 15.0. The largest absolute Gasteiger partial charge is 0.360 e. The highest BCUT2D eigenvalue weighted by Gasteiger charge is 2.41. The third kappa shape index (κ3) is 3.00. The Labute approximate surface area is 125 Å². The van der Waals surface area contributed by atoms with Crippen molar-refractivity contribution in [3.8, 4) is 0 Å². The molecule has 2 aliphatic rings. The molecule has 1 aromatic heterocycles. The molecule has 21 heavy (non-hydrogen) atoms. The lowest BCUT2D eigenvalue weighted by molar-refractivity contribution is 0.307. The molecule has 1 aliphatic carbocycles. The number of nitrogens with one attached hydrogen (secondary N) is 1. The first-order chi connectivity index (χ1) is 10.00. The fourth-order valence-electron chi connectivity index (χ4n) is 3.06. The lowest BCUT2D eigenvalue weighted by Gasteiger charge is -2.30. The number of piperidine rings is 1. The number of rotatable bonds is 5. The predicted octanol–water partition coefficient (Wildman–Crippen LogP) is 1.59. The van der Waals surface area contributed by atoms with Gasteiger partial charge in [0.1, 0.15) is 10.6 Å². The van der Waals surface area contributed by atoms with Gasteiger partial charge in [0.25, 0.3) is 0 Å². The van der Waals surface area contributed by atoms with Gasteiger partial charge in [0.05, 0.1) is 0 Å². The van der Waals surface area contributed by atoms with E-state index in [1.807, 2.05) is 0 Å². The molecule has 1 saturated carbocycles. The van der Waals surface area contributed by atoms with Gasteiger partial charge >= 0.3 is 0 Å². The molecule has 0 spiro atoms. The number of hydrogen-bond donors (Lipinski definition) is 1. The summed E-state index contributed by atoms with van der Waals surface area (Å²) in [6, 6.07) is 0.405. The second kappa shape index (κ2) is 5.70. The van der Waals surface area contributed by atoms with Crippen molar-refractivity contribution in [2.24, 2.45) is 0 Å². The summed E-state index contributed by atoms with van der Waals surface area (Å²) in [6.07, 6.45) is 5.29. The Kier molecular flexibility index (Phi) is 4.07. The lowest BCUT2D eigenvalue weighted by Crippen LogP contribution is -2.46. The van der Waals surface area contributed by atoms with Gasteiger partial charge in [-0.1, -0.05) is 11.6 Å². The molecular weight excluding hydrogens is 290 g/mol. The van der Waals surface area contributed by atoms with E-state index in [-0.39, 0.29) is 17.0 Å². The quantitative estimate of drug-likeness (QED) is 0.893. The molecule has 0 amide bonds. The Morgan fingerprint density at radius 2 is 2.05 bits per heavy atom. The topological polar surface area (TPSA) is 75.4 Å². The van der Waals surface area contributed by atoms with Gasteiger partial charge in [-0.2, -0.15) is 4.31 Å². The highest BCUT2D eigenvalue weighted by molar-refractivity contribution is 7.89. The normalized spacial score (nSPS) is 23.7. The van der Waals surface area contributed by atoms with Crippen LogP contribution in [0.3, 0.4) is 0 Å². The summed E-state index contributed by atoms with van der Waals surface area (Å²) in [4.78, 5) is 0.255.